The Morgan fingerprint density at radius 2 is 1.89 bits per heavy atom. The van der Waals surface area contributed by atoms with Gasteiger partial charge in [-0.2, -0.15) is 16.9 Å². The van der Waals surface area contributed by atoms with Gasteiger partial charge in [0.05, 0.1) is 11.9 Å². The first kappa shape index (κ1) is 18.8. The lowest BCUT2D eigenvalue weighted by Crippen LogP contribution is -2.33. The third-order valence-electron chi connectivity index (χ3n) is 4.98. The van der Waals surface area contributed by atoms with Crippen LogP contribution in [0.5, 0.6) is 0 Å². The van der Waals surface area contributed by atoms with Crippen LogP contribution in [0.25, 0.3) is 5.52 Å². The van der Waals surface area contributed by atoms with Crippen molar-refractivity contribution in [2.75, 3.05) is 29.5 Å². The Bertz CT molecular complexity index is 976. The van der Waals surface area contributed by atoms with Crippen molar-refractivity contribution in [3.63, 3.8) is 0 Å². The minimum Gasteiger partial charge on any atom is -0.353 e. The van der Waals surface area contributed by atoms with E-state index in [-0.39, 0.29) is 5.91 Å². The number of benzene rings is 1. The first-order chi connectivity index (χ1) is 13.6. The number of thioether (sulfide) groups is 1. The van der Waals surface area contributed by atoms with Gasteiger partial charge in [0.25, 0.3) is 5.91 Å². The average molecular weight is 396 g/mol. The van der Waals surface area contributed by atoms with Gasteiger partial charge in [0.2, 0.25) is 0 Å². The molecule has 6 nitrogen and oxygen atoms in total. The molecule has 1 aliphatic heterocycles. The summed E-state index contributed by atoms with van der Waals surface area (Å²) in [5.41, 5.74) is 4.58. The summed E-state index contributed by atoms with van der Waals surface area (Å²) in [5.74, 6) is 2.95. The Balaban J connectivity index is 1.53. The van der Waals surface area contributed by atoms with Crippen molar-refractivity contribution in [3.8, 4) is 0 Å². The fraction of sp³-hybridized carbons (Fsp3) is 0.381. The number of hydrogen-bond acceptors (Lipinski definition) is 5. The number of nitrogens with one attached hydrogen (secondary N) is 1. The van der Waals surface area contributed by atoms with E-state index in [0.29, 0.717) is 12.2 Å². The number of carbonyl (C=O) groups is 1. The highest BCUT2D eigenvalue weighted by Crippen LogP contribution is 2.24. The van der Waals surface area contributed by atoms with Crippen LogP contribution in [-0.4, -0.2) is 45.1 Å². The van der Waals surface area contributed by atoms with Gasteiger partial charge in [-0.3, -0.25) is 4.79 Å². The molecule has 0 bridgehead atoms. The van der Waals surface area contributed by atoms with Crippen molar-refractivity contribution < 1.29 is 4.79 Å². The minimum absolute atomic E-state index is 0.166. The van der Waals surface area contributed by atoms with Crippen LogP contribution in [-0.2, 0) is 13.0 Å². The molecule has 1 aliphatic rings. The second-order valence-electron chi connectivity index (χ2n) is 7.02. The van der Waals surface area contributed by atoms with Crippen LogP contribution < -0.4 is 10.2 Å². The Morgan fingerprint density at radius 1 is 1.18 bits per heavy atom. The highest BCUT2D eigenvalue weighted by molar-refractivity contribution is 7.99. The smallest absolute Gasteiger partial charge is 0.272 e. The van der Waals surface area contributed by atoms with Crippen molar-refractivity contribution in [1.29, 1.82) is 0 Å². The van der Waals surface area contributed by atoms with E-state index in [2.05, 4.69) is 46.5 Å². The topological polar surface area (TPSA) is 62.5 Å². The summed E-state index contributed by atoms with van der Waals surface area (Å²) in [6, 6.07) is 10.2. The number of aromatic nitrogens is 3. The molecule has 7 heteroatoms. The molecule has 28 heavy (non-hydrogen) atoms. The number of rotatable bonds is 5. The maximum absolute atomic E-state index is 12.7. The normalized spacial score (nSPS) is 14.4. The summed E-state index contributed by atoms with van der Waals surface area (Å²) >= 11 is 1.96. The fourth-order valence-electron chi connectivity index (χ4n) is 3.37. The van der Waals surface area contributed by atoms with E-state index < -0.39 is 0 Å². The second kappa shape index (κ2) is 8.22. The first-order valence-corrected chi connectivity index (χ1v) is 10.9. The van der Waals surface area contributed by atoms with Gasteiger partial charge in [-0.15, -0.1) is 0 Å². The van der Waals surface area contributed by atoms with E-state index in [4.69, 9.17) is 4.98 Å². The fourth-order valence-corrected chi connectivity index (χ4v) is 4.28. The molecule has 0 atom stereocenters. The molecule has 1 N–H and O–H groups in total. The summed E-state index contributed by atoms with van der Waals surface area (Å²) in [4.78, 5) is 19.7. The molecule has 0 unspecified atom stereocenters. The number of carbonyl (C=O) groups excluding carboxylic acids is 1. The van der Waals surface area contributed by atoms with Gasteiger partial charge in [-0.05, 0) is 24.5 Å². The summed E-state index contributed by atoms with van der Waals surface area (Å²) in [6.45, 7) is 6.52. The van der Waals surface area contributed by atoms with E-state index in [1.54, 1.807) is 4.52 Å². The van der Waals surface area contributed by atoms with Gasteiger partial charge in [0, 0.05) is 37.2 Å². The second-order valence-corrected chi connectivity index (χ2v) is 8.24. The number of fused-ring (bicyclic) bond motifs is 1. The van der Waals surface area contributed by atoms with Crippen molar-refractivity contribution in [2.45, 2.75) is 26.8 Å². The summed E-state index contributed by atoms with van der Waals surface area (Å²) in [5, 5.41) is 7.48. The van der Waals surface area contributed by atoms with Gasteiger partial charge >= 0.3 is 0 Å². The largest absolute Gasteiger partial charge is 0.353 e. The molecule has 3 aromatic rings. The maximum atomic E-state index is 12.7. The van der Waals surface area contributed by atoms with Crippen molar-refractivity contribution >= 4 is 29.0 Å². The lowest BCUT2D eigenvalue weighted by atomic mass is 10.1. The zero-order chi connectivity index (χ0) is 19.5. The van der Waals surface area contributed by atoms with E-state index in [1.165, 1.54) is 5.56 Å². The molecule has 4 rings (SSSR count). The van der Waals surface area contributed by atoms with Gasteiger partial charge in [-0.25, -0.2) is 9.50 Å². The summed E-state index contributed by atoms with van der Waals surface area (Å²) in [6.07, 6.45) is 2.89. The van der Waals surface area contributed by atoms with Crippen molar-refractivity contribution in [3.05, 3.63) is 59.0 Å². The lowest BCUT2D eigenvalue weighted by Gasteiger charge is -2.28. The molecule has 3 heterocycles. The van der Waals surface area contributed by atoms with Crippen LogP contribution in [0.1, 0.15) is 34.2 Å². The van der Waals surface area contributed by atoms with Gasteiger partial charge < -0.3 is 10.2 Å². The molecule has 1 fully saturated rings. The standard InChI is InChI=1S/C21H25N5OS/c1-3-16-4-6-17(7-5-16)13-22-21(27)18-12-19-20(25-8-10-28-11-9-25)23-15(2)14-26(19)24-18/h4-7,12,14H,3,8-11,13H2,1-2H3,(H,22,27). The zero-order valence-electron chi connectivity index (χ0n) is 16.3. The average Bonchev–Trinajstić information content (AvgIpc) is 3.16. The predicted molar refractivity (Wildman–Crippen MR) is 114 cm³/mol. The molecule has 0 saturated carbocycles. The van der Waals surface area contributed by atoms with Crippen molar-refractivity contribution in [2.24, 2.45) is 0 Å². The summed E-state index contributed by atoms with van der Waals surface area (Å²) < 4.78 is 1.78. The minimum atomic E-state index is -0.166. The quantitative estimate of drug-likeness (QED) is 0.719. The molecule has 0 spiro atoms. The van der Waals surface area contributed by atoms with E-state index in [1.807, 2.05) is 30.9 Å². The molecular weight excluding hydrogens is 370 g/mol. The number of amides is 1. The molecule has 2 aromatic heterocycles. The Labute approximate surface area is 169 Å². The number of hydrogen-bond donors (Lipinski definition) is 1. The molecule has 0 radical (unpaired) electrons. The monoisotopic (exact) mass is 395 g/mol. The maximum Gasteiger partial charge on any atom is 0.272 e. The van der Waals surface area contributed by atoms with Crippen LogP contribution in [0.4, 0.5) is 5.82 Å². The van der Waals surface area contributed by atoms with Crippen LogP contribution in [0.15, 0.2) is 36.5 Å². The van der Waals surface area contributed by atoms with Crippen molar-refractivity contribution in [1.82, 2.24) is 19.9 Å². The zero-order valence-corrected chi connectivity index (χ0v) is 17.1. The SMILES string of the molecule is CCc1ccc(CNC(=O)c2cc3c(N4CCSCC4)nc(C)cn3n2)cc1. The third-order valence-corrected chi connectivity index (χ3v) is 5.93. The number of anilines is 1. The molecule has 1 aromatic carbocycles. The van der Waals surface area contributed by atoms with E-state index >= 15 is 0 Å². The van der Waals surface area contributed by atoms with Crippen LogP contribution in [0.3, 0.4) is 0 Å². The van der Waals surface area contributed by atoms with Gasteiger partial charge in [-0.1, -0.05) is 31.2 Å². The number of nitrogens with zero attached hydrogens (tertiary/aromatic N) is 4. The molecule has 146 valence electrons. The Morgan fingerprint density at radius 3 is 2.61 bits per heavy atom. The van der Waals surface area contributed by atoms with E-state index in [9.17, 15) is 4.79 Å². The van der Waals surface area contributed by atoms with Gasteiger partial charge in [0.1, 0.15) is 5.52 Å². The molecule has 0 aliphatic carbocycles. The third kappa shape index (κ3) is 3.99. The van der Waals surface area contributed by atoms with E-state index in [0.717, 1.165) is 53.6 Å². The molecular formula is C21H25N5OS. The van der Waals surface area contributed by atoms with Gasteiger partial charge in [0.15, 0.2) is 11.5 Å². The van der Waals surface area contributed by atoms with Crippen LogP contribution >= 0.6 is 11.8 Å². The number of aryl methyl sites for hydroxylation is 2. The lowest BCUT2D eigenvalue weighted by molar-refractivity contribution is 0.0945. The Hall–Kier alpha value is -2.54. The highest BCUT2D eigenvalue weighted by atomic mass is 32.2. The predicted octanol–water partition coefficient (Wildman–Crippen LogP) is 3.08. The first-order valence-electron chi connectivity index (χ1n) is 9.70. The van der Waals surface area contributed by atoms with Crippen LogP contribution in [0, 0.1) is 6.92 Å². The van der Waals surface area contributed by atoms with Crippen LogP contribution in [0.2, 0.25) is 0 Å². The summed E-state index contributed by atoms with van der Waals surface area (Å²) in [7, 11) is 0. The molecule has 1 amide bonds. The molecule has 1 saturated heterocycles. The Kier molecular flexibility index (Phi) is 5.52. The highest BCUT2D eigenvalue weighted by Gasteiger charge is 2.19.